The van der Waals surface area contributed by atoms with E-state index in [4.69, 9.17) is 4.42 Å². The van der Waals surface area contributed by atoms with Crippen LogP contribution in [0.5, 0.6) is 0 Å². The van der Waals surface area contributed by atoms with E-state index in [0.29, 0.717) is 17.1 Å². The lowest BCUT2D eigenvalue weighted by Crippen LogP contribution is -2.50. The van der Waals surface area contributed by atoms with Crippen LogP contribution in [0.3, 0.4) is 0 Å². The summed E-state index contributed by atoms with van der Waals surface area (Å²) in [6.07, 6.45) is 0. The van der Waals surface area contributed by atoms with Gasteiger partial charge in [0.05, 0.1) is 19.6 Å². The van der Waals surface area contributed by atoms with Gasteiger partial charge in [0.15, 0.2) is 0 Å². The molecule has 2 rings (SSSR count). The lowest BCUT2D eigenvalue weighted by molar-refractivity contribution is -0.126. The first-order chi connectivity index (χ1) is 8.61. The molecule has 0 aromatic carbocycles. The van der Waals surface area contributed by atoms with Crippen LogP contribution in [0.4, 0.5) is 0 Å². The van der Waals surface area contributed by atoms with E-state index in [1.807, 2.05) is 0 Å². The maximum Gasteiger partial charge on any atom is 0.341 e. The van der Waals surface area contributed by atoms with Gasteiger partial charge in [-0.1, -0.05) is 0 Å². The normalized spacial score (nSPS) is 15.0. The third kappa shape index (κ3) is 2.53. The van der Waals surface area contributed by atoms with Crippen molar-refractivity contribution in [3.8, 4) is 0 Å². The fraction of sp³-hybridized carbons (Fsp3) is 0.500. The predicted octanol–water partition coefficient (Wildman–Crippen LogP) is 0.210. The van der Waals surface area contributed by atoms with Crippen LogP contribution in [0.15, 0.2) is 10.5 Å². The van der Waals surface area contributed by atoms with Crippen LogP contribution in [-0.4, -0.2) is 32.1 Å². The van der Waals surface area contributed by atoms with Gasteiger partial charge in [-0.15, -0.1) is 0 Å². The summed E-state index contributed by atoms with van der Waals surface area (Å²) in [5.74, 6) is 0.658. The minimum atomic E-state index is -0.433. The second kappa shape index (κ2) is 5.22. The molecule has 1 fully saturated rings. The van der Waals surface area contributed by atoms with Gasteiger partial charge in [0, 0.05) is 13.1 Å². The van der Waals surface area contributed by atoms with Crippen molar-refractivity contribution < 1.29 is 18.7 Å². The van der Waals surface area contributed by atoms with Gasteiger partial charge in [-0.05, 0) is 13.0 Å². The van der Waals surface area contributed by atoms with Crippen molar-refractivity contribution in [1.82, 2.24) is 10.6 Å². The Labute approximate surface area is 105 Å². The lowest BCUT2D eigenvalue weighted by Gasteiger charge is -2.25. The smallest absolute Gasteiger partial charge is 0.341 e. The van der Waals surface area contributed by atoms with E-state index in [-0.39, 0.29) is 18.4 Å². The van der Waals surface area contributed by atoms with Gasteiger partial charge >= 0.3 is 5.97 Å². The second-order valence-electron chi connectivity index (χ2n) is 4.25. The van der Waals surface area contributed by atoms with Gasteiger partial charge in [0.25, 0.3) is 0 Å². The molecular formula is C12H16N2O4. The first kappa shape index (κ1) is 12.6. The summed E-state index contributed by atoms with van der Waals surface area (Å²) in [5, 5.41) is 5.80. The zero-order chi connectivity index (χ0) is 13.1. The number of amides is 1. The summed E-state index contributed by atoms with van der Waals surface area (Å²) in [7, 11) is 1.32. The zero-order valence-corrected chi connectivity index (χ0v) is 10.4. The molecule has 1 aromatic rings. The van der Waals surface area contributed by atoms with Crippen LogP contribution >= 0.6 is 0 Å². The number of nitrogens with one attached hydrogen (secondary N) is 2. The fourth-order valence-electron chi connectivity index (χ4n) is 1.74. The molecule has 1 aromatic heterocycles. The molecule has 1 aliphatic rings. The van der Waals surface area contributed by atoms with Crippen LogP contribution in [0.2, 0.25) is 0 Å². The molecule has 18 heavy (non-hydrogen) atoms. The summed E-state index contributed by atoms with van der Waals surface area (Å²) in [4.78, 5) is 23.0. The van der Waals surface area contributed by atoms with Crippen molar-refractivity contribution in [3.63, 3.8) is 0 Å². The van der Waals surface area contributed by atoms with E-state index in [0.717, 1.165) is 13.1 Å². The molecule has 2 heterocycles. The van der Waals surface area contributed by atoms with Crippen LogP contribution in [0.1, 0.15) is 21.9 Å². The highest BCUT2D eigenvalue weighted by molar-refractivity contribution is 5.90. The second-order valence-corrected chi connectivity index (χ2v) is 4.25. The van der Waals surface area contributed by atoms with E-state index in [9.17, 15) is 9.59 Å². The monoisotopic (exact) mass is 252 g/mol. The highest BCUT2D eigenvalue weighted by Gasteiger charge is 2.24. The number of ether oxygens (including phenoxy) is 1. The first-order valence-corrected chi connectivity index (χ1v) is 5.78. The molecule has 1 amide bonds. The van der Waals surface area contributed by atoms with Crippen molar-refractivity contribution in [2.45, 2.75) is 13.5 Å². The number of esters is 1. The average Bonchev–Trinajstić information content (AvgIpc) is 2.64. The zero-order valence-electron chi connectivity index (χ0n) is 10.4. The SMILES string of the molecule is COC(=O)c1cc(CNC(=O)C2CNC2)oc1C. The minimum absolute atomic E-state index is 0.00224. The molecule has 1 saturated heterocycles. The molecule has 0 unspecified atom stereocenters. The fourth-order valence-corrected chi connectivity index (χ4v) is 1.74. The number of hydrogen-bond acceptors (Lipinski definition) is 5. The van der Waals surface area contributed by atoms with E-state index in [1.54, 1.807) is 13.0 Å². The average molecular weight is 252 g/mol. The Morgan fingerprint density at radius 3 is 2.83 bits per heavy atom. The summed E-state index contributed by atoms with van der Waals surface area (Å²) in [5.41, 5.74) is 0.395. The van der Waals surface area contributed by atoms with Crippen molar-refractivity contribution in [3.05, 3.63) is 23.2 Å². The van der Waals surface area contributed by atoms with E-state index >= 15 is 0 Å². The standard InChI is InChI=1S/C12H16N2O4/c1-7-10(12(16)17-2)3-9(18-7)6-14-11(15)8-4-13-5-8/h3,8,13H,4-6H2,1-2H3,(H,14,15). The molecule has 6 heteroatoms. The molecule has 0 aliphatic carbocycles. The van der Waals surface area contributed by atoms with Crippen LogP contribution in [0, 0.1) is 12.8 Å². The number of hydrogen-bond donors (Lipinski definition) is 2. The molecule has 0 bridgehead atoms. The van der Waals surface area contributed by atoms with Crippen molar-refractivity contribution in [2.75, 3.05) is 20.2 Å². The molecule has 0 atom stereocenters. The minimum Gasteiger partial charge on any atom is -0.465 e. The lowest BCUT2D eigenvalue weighted by atomic mass is 10.0. The first-order valence-electron chi connectivity index (χ1n) is 5.78. The van der Waals surface area contributed by atoms with Gasteiger partial charge in [-0.3, -0.25) is 4.79 Å². The summed E-state index contributed by atoms with van der Waals surface area (Å²) >= 11 is 0. The van der Waals surface area contributed by atoms with Gasteiger partial charge in [0.2, 0.25) is 5.91 Å². The molecular weight excluding hydrogens is 236 g/mol. The van der Waals surface area contributed by atoms with Crippen LogP contribution < -0.4 is 10.6 Å². The van der Waals surface area contributed by atoms with Gasteiger partial charge in [-0.25, -0.2) is 4.79 Å². The topological polar surface area (TPSA) is 80.6 Å². The molecule has 6 nitrogen and oxygen atoms in total. The third-order valence-electron chi connectivity index (χ3n) is 2.96. The van der Waals surface area contributed by atoms with E-state index in [2.05, 4.69) is 15.4 Å². The largest absolute Gasteiger partial charge is 0.465 e. The molecule has 2 N–H and O–H groups in total. The van der Waals surface area contributed by atoms with Gasteiger partial charge in [-0.2, -0.15) is 0 Å². The number of rotatable bonds is 4. The maximum absolute atomic E-state index is 11.6. The van der Waals surface area contributed by atoms with Crippen molar-refractivity contribution in [2.24, 2.45) is 5.92 Å². The molecule has 0 saturated carbocycles. The number of carbonyl (C=O) groups is 2. The van der Waals surface area contributed by atoms with Crippen LogP contribution in [-0.2, 0) is 16.1 Å². The van der Waals surface area contributed by atoms with E-state index < -0.39 is 5.97 Å². The molecule has 0 radical (unpaired) electrons. The van der Waals surface area contributed by atoms with Crippen molar-refractivity contribution >= 4 is 11.9 Å². The predicted molar refractivity (Wildman–Crippen MR) is 63.0 cm³/mol. The Kier molecular flexibility index (Phi) is 3.66. The Hall–Kier alpha value is -1.82. The van der Waals surface area contributed by atoms with Crippen LogP contribution in [0.25, 0.3) is 0 Å². The van der Waals surface area contributed by atoms with Crippen molar-refractivity contribution in [1.29, 1.82) is 0 Å². The molecule has 1 aliphatic heterocycles. The number of aryl methyl sites for hydroxylation is 1. The highest BCUT2D eigenvalue weighted by atomic mass is 16.5. The summed E-state index contributed by atoms with van der Waals surface area (Å²) < 4.78 is 10.0. The number of methoxy groups -OCH3 is 1. The highest BCUT2D eigenvalue weighted by Crippen LogP contribution is 2.15. The van der Waals surface area contributed by atoms with Gasteiger partial charge in [0.1, 0.15) is 17.1 Å². The summed E-state index contributed by atoms with van der Waals surface area (Å²) in [6.45, 7) is 3.41. The third-order valence-corrected chi connectivity index (χ3v) is 2.96. The summed E-state index contributed by atoms with van der Waals surface area (Å²) in [6, 6.07) is 1.60. The Morgan fingerprint density at radius 1 is 1.56 bits per heavy atom. The maximum atomic E-state index is 11.6. The Bertz CT molecular complexity index is 463. The number of furan rings is 1. The quantitative estimate of drug-likeness (QED) is 0.749. The molecule has 0 spiro atoms. The van der Waals surface area contributed by atoms with E-state index in [1.165, 1.54) is 7.11 Å². The Balaban J connectivity index is 1.93. The molecule has 98 valence electrons. The number of carbonyl (C=O) groups excluding carboxylic acids is 2. The van der Waals surface area contributed by atoms with Gasteiger partial charge < -0.3 is 19.8 Å². The Morgan fingerprint density at radius 2 is 2.28 bits per heavy atom.